The highest BCUT2D eigenvalue weighted by atomic mass is 16.5. The number of hydrogen-bond acceptors (Lipinski definition) is 6. The van der Waals surface area contributed by atoms with Gasteiger partial charge in [-0.15, -0.1) is 0 Å². The van der Waals surface area contributed by atoms with Crippen molar-refractivity contribution >= 4 is 16.9 Å². The van der Waals surface area contributed by atoms with E-state index in [2.05, 4.69) is 15.0 Å². The fraction of sp³-hybridized carbons (Fsp3) is 0.182. The van der Waals surface area contributed by atoms with E-state index in [4.69, 9.17) is 9.47 Å². The van der Waals surface area contributed by atoms with E-state index < -0.39 is 5.69 Å². The maximum Gasteiger partial charge on any atom is 0.332 e. The van der Waals surface area contributed by atoms with Crippen LogP contribution in [0.15, 0.2) is 53.3 Å². The number of Topliss-reactive ketones (excluding diaryl/α,β-unsaturated/α-hetero) is 1. The monoisotopic (exact) mass is 404 g/mol. The number of methoxy groups -OCH3 is 1. The van der Waals surface area contributed by atoms with Gasteiger partial charge < -0.3 is 14.5 Å². The zero-order valence-electron chi connectivity index (χ0n) is 16.8. The number of nitrogens with zero attached hydrogens (tertiary/aromatic N) is 3. The molecule has 8 nitrogen and oxygen atoms in total. The van der Waals surface area contributed by atoms with Gasteiger partial charge in [0.15, 0.2) is 17.3 Å². The summed E-state index contributed by atoms with van der Waals surface area (Å²) in [5, 5.41) is 0. The summed E-state index contributed by atoms with van der Waals surface area (Å²) in [5.41, 5.74) is 1.51. The smallest absolute Gasteiger partial charge is 0.332 e. The van der Waals surface area contributed by atoms with Crippen LogP contribution in [0.2, 0.25) is 0 Å². The second-order valence-corrected chi connectivity index (χ2v) is 6.55. The molecule has 8 heteroatoms. The second kappa shape index (κ2) is 7.82. The third-order valence-electron chi connectivity index (χ3n) is 4.62. The highest BCUT2D eigenvalue weighted by molar-refractivity contribution is 6.03. The normalized spacial score (nSPS) is 10.9. The Hall–Kier alpha value is -3.94. The minimum Gasteiger partial charge on any atom is -0.495 e. The highest BCUT2D eigenvalue weighted by Gasteiger charge is 2.21. The lowest BCUT2D eigenvalue weighted by molar-refractivity contribution is 0.101. The lowest BCUT2D eigenvalue weighted by Gasteiger charge is -2.10. The number of nitrogens with one attached hydrogen (secondary N) is 1. The van der Waals surface area contributed by atoms with Crippen LogP contribution in [0.3, 0.4) is 0 Å². The molecule has 4 aromatic rings. The van der Waals surface area contributed by atoms with Crippen molar-refractivity contribution in [2.45, 2.75) is 13.8 Å². The molecule has 0 saturated carbocycles. The molecule has 0 aliphatic heterocycles. The van der Waals surface area contributed by atoms with E-state index in [1.807, 2.05) is 37.3 Å². The molecule has 0 aliphatic rings. The summed E-state index contributed by atoms with van der Waals surface area (Å²) in [5.74, 6) is 1.29. The molecule has 0 saturated heterocycles. The average molecular weight is 404 g/mol. The Balaban J connectivity index is 1.98. The zero-order valence-corrected chi connectivity index (χ0v) is 16.8. The van der Waals surface area contributed by atoms with Gasteiger partial charge in [-0.05, 0) is 43.3 Å². The number of aromatic nitrogens is 4. The third-order valence-corrected chi connectivity index (χ3v) is 4.62. The van der Waals surface area contributed by atoms with E-state index in [0.29, 0.717) is 35.1 Å². The van der Waals surface area contributed by atoms with Crippen LogP contribution in [-0.2, 0) is 0 Å². The zero-order chi connectivity index (χ0) is 21.3. The lowest BCUT2D eigenvalue weighted by atomic mass is 10.2. The lowest BCUT2D eigenvalue weighted by Crippen LogP contribution is -2.15. The molecule has 0 radical (unpaired) electrons. The van der Waals surface area contributed by atoms with Gasteiger partial charge in [-0.2, -0.15) is 0 Å². The first kappa shape index (κ1) is 19.4. The maximum atomic E-state index is 12.8. The number of carbonyl (C=O) groups is 1. The summed E-state index contributed by atoms with van der Waals surface area (Å²) >= 11 is 0. The van der Waals surface area contributed by atoms with Gasteiger partial charge in [0.25, 0.3) is 0 Å². The first-order chi connectivity index (χ1) is 14.5. The summed E-state index contributed by atoms with van der Waals surface area (Å²) in [7, 11) is 1.53. The standard InChI is InChI=1S/C22H20N4O4/c1-4-30-15-11-9-14(10-12-15)20-23-18(13(2)27)19-21(25-20)26(22(28)24-19)16-7-5-6-8-17(16)29-3/h5-12H,4H2,1-3H3,(H,24,28). The van der Waals surface area contributed by atoms with Crippen molar-refractivity contribution in [1.29, 1.82) is 0 Å². The van der Waals surface area contributed by atoms with Gasteiger partial charge in [-0.25, -0.2) is 19.3 Å². The molecule has 2 heterocycles. The van der Waals surface area contributed by atoms with Crippen LogP contribution >= 0.6 is 0 Å². The van der Waals surface area contributed by atoms with Crippen LogP contribution < -0.4 is 15.2 Å². The van der Waals surface area contributed by atoms with Crippen LogP contribution in [0, 0.1) is 0 Å². The summed E-state index contributed by atoms with van der Waals surface area (Å²) in [6.07, 6.45) is 0. The van der Waals surface area contributed by atoms with Gasteiger partial charge in [0.2, 0.25) is 0 Å². The van der Waals surface area contributed by atoms with Crippen LogP contribution in [0.4, 0.5) is 0 Å². The Labute approximate surface area is 172 Å². The van der Waals surface area contributed by atoms with Crippen LogP contribution in [0.25, 0.3) is 28.2 Å². The molecule has 0 unspecified atom stereocenters. The summed E-state index contributed by atoms with van der Waals surface area (Å²) < 4.78 is 12.3. The van der Waals surface area contributed by atoms with Gasteiger partial charge in [-0.1, -0.05) is 12.1 Å². The predicted molar refractivity (Wildman–Crippen MR) is 113 cm³/mol. The largest absolute Gasteiger partial charge is 0.495 e. The fourth-order valence-electron chi connectivity index (χ4n) is 3.27. The van der Waals surface area contributed by atoms with Crippen molar-refractivity contribution in [1.82, 2.24) is 19.5 Å². The molecule has 2 aromatic carbocycles. The Morgan fingerprint density at radius 2 is 1.83 bits per heavy atom. The topological polar surface area (TPSA) is 99.1 Å². The molecule has 0 bridgehead atoms. The quantitative estimate of drug-likeness (QED) is 0.495. The summed E-state index contributed by atoms with van der Waals surface area (Å²) in [4.78, 5) is 36.8. The van der Waals surface area contributed by atoms with Crippen molar-refractivity contribution in [2.24, 2.45) is 0 Å². The molecule has 1 N–H and O–H groups in total. The van der Waals surface area contributed by atoms with Gasteiger partial charge in [-0.3, -0.25) is 4.79 Å². The average Bonchev–Trinajstić information content (AvgIpc) is 3.09. The molecular formula is C22H20N4O4. The number of hydrogen-bond donors (Lipinski definition) is 1. The summed E-state index contributed by atoms with van der Waals surface area (Å²) in [6.45, 7) is 3.88. The van der Waals surface area contributed by atoms with Crippen molar-refractivity contribution in [3.63, 3.8) is 0 Å². The molecule has 0 fully saturated rings. The number of H-pyrrole nitrogens is 1. The molecule has 0 aliphatic carbocycles. The molecule has 0 atom stereocenters. The van der Waals surface area contributed by atoms with Gasteiger partial charge in [0.05, 0.1) is 19.4 Å². The Kier molecular flexibility index (Phi) is 5.05. The van der Waals surface area contributed by atoms with Crippen LogP contribution in [0.5, 0.6) is 11.5 Å². The minimum absolute atomic E-state index is 0.148. The SMILES string of the molecule is CCOc1ccc(-c2nc(C(C)=O)c3[nH]c(=O)n(-c4ccccc4OC)c3n2)cc1. The number of aromatic amines is 1. The molecule has 0 amide bonds. The van der Waals surface area contributed by atoms with E-state index in [-0.39, 0.29) is 17.0 Å². The van der Waals surface area contributed by atoms with Crippen molar-refractivity contribution < 1.29 is 14.3 Å². The molecular weight excluding hydrogens is 384 g/mol. The fourth-order valence-corrected chi connectivity index (χ4v) is 3.27. The number of ether oxygens (including phenoxy) is 2. The van der Waals surface area contributed by atoms with Crippen LogP contribution in [-0.4, -0.2) is 39.0 Å². The van der Waals surface area contributed by atoms with E-state index in [0.717, 1.165) is 5.75 Å². The van der Waals surface area contributed by atoms with E-state index >= 15 is 0 Å². The molecule has 4 rings (SSSR count). The Morgan fingerprint density at radius 1 is 1.10 bits per heavy atom. The molecule has 152 valence electrons. The molecule has 0 spiro atoms. The Morgan fingerprint density at radius 3 is 2.50 bits per heavy atom. The van der Waals surface area contributed by atoms with Crippen LogP contribution in [0.1, 0.15) is 24.3 Å². The van der Waals surface area contributed by atoms with Gasteiger partial charge >= 0.3 is 5.69 Å². The van der Waals surface area contributed by atoms with Gasteiger partial charge in [0, 0.05) is 12.5 Å². The number of rotatable bonds is 6. The maximum absolute atomic E-state index is 12.8. The number of benzene rings is 2. The van der Waals surface area contributed by atoms with E-state index in [1.54, 1.807) is 18.2 Å². The highest BCUT2D eigenvalue weighted by Crippen LogP contribution is 2.27. The second-order valence-electron chi connectivity index (χ2n) is 6.55. The number of carbonyl (C=O) groups excluding carboxylic acids is 1. The Bertz CT molecular complexity index is 1290. The number of ketones is 1. The third kappa shape index (κ3) is 3.32. The number of para-hydroxylation sites is 2. The summed E-state index contributed by atoms with van der Waals surface area (Å²) in [6, 6.07) is 14.4. The van der Waals surface area contributed by atoms with Crippen molar-refractivity contribution in [3.8, 4) is 28.6 Å². The first-order valence-corrected chi connectivity index (χ1v) is 9.43. The number of fused-ring (bicyclic) bond motifs is 1. The first-order valence-electron chi connectivity index (χ1n) is 9.43. The predicted octanol–water partition coefficient (Wildman–Crippen LogP) is 3.39. The van der Waals surface area contributed by atoms with E-state index in [9.17, 15) is 9.59 Å². The molecule has 2 aromatic heterocycles. The minimum atomic E-state index is -0.435. The van der Waals surface area contributed by atoms with Crippen molar-refractivity contribution in [2.75, 3.05) is 13.7 Å². The van der Waals surface area contributed by atoms with Gasteiger partial charge in [0.1, 0.15) is 22.7 Å². The van der Waals surface area contributed by atoms with Crippen molar-refractivity contribution in [3.05, 3.63) is 64.7 Å². The van der Waals surface area contributed by atoms with E-state index in [1.165, 1.54) is 18.6 Å². The number of imidazole rings is 1. The molecule has 30 heavy (non-hydrogen) atoms.